The van der Waals surface area contributed by atoms with Gasteiger partial charge in [0.1, 0.15) is 18.1 Å². The standard InChI is InChI=1S/C24H18F4O4/c1-30-17-5-3-4-15(11-17)20(29)8-6-14-7-9-21(31-2)16(10-14)13-32-24-22(27)18(25)12-19(26)23(24)28/h3-12H,13H2,1-2H3/b8-6+. The van der Waals surface area contributed by atoms with Gasteiger partial charge in [0.15, 0.2) is 23.2 Å². The predicted molar refractivity (Wildman–Crippen MR) is 110 cm³/mol. The number of ether oxygens (including phenoxy) is 3. The molecule has 0 aliphatic heterocycles. The van der Waals surface area contributed by atoms with E-state index in [1.165, 1.54) is 26.4 Å². The summed E-state index contributed by atoms with van der Waals surface area (Å²) in [6.07, 6.45) is 2.89. The average molecular weight is 446 g/mol. The van der Waals surface area contributed by atoms with Crippen LogP contribution in [0, 0.1) is 23.3 Å². The average Bonchev–Trinajstić information content (AvgIpc) is 2.81. The number of benzene rings is 3. The first-order valence-electron chi connectivity index (χ1n) is 9.33. The van der Waals surface area contributed by atoms with Crippen LogP contribution in [0.1, 0.15) is 21.5 Å². The van der Waals surface area contributed by atoms with E-state index >= 15 is 0 Å². The lowest BCUT2D eigenvalue weighted by Gasteiger charge is -2.13. The van der Waals surface area contributed by atoms with Crippen molar-refractivity contribution in [3.05, 3.63) is 94.6 Å². The normalized spacial score (nSPS) is 10.9. The molecule has 4 nitrogen and oxygen atoms in total. The number of hydrogen-bond donors (Lipinski definition) is 0. The van der Waals surface area contributed by atoms with Crippen molar-refractivity contribution >= 4 is 11.9 Å². The molecule has 0 aliphatic rings. The van der Waals surface area contributed by atoms with Gasteiger partial charge < -0.3 is 14.2 Å². The highest BCUT2D eigenvalue weighted by Crippen LogP contribution is 2.29. The molecule has 0 bridgehead atoms. The smallest absolute Gasteiger partial charge is 0.203 e. The van der Waals surface area contributed by atoms with Crippen LogP contribution in [0.15, 0.2) is 54.6 Å². The third-order valence-electron chi connectivity index (χ3n) is 4.53. The summed E-state index contributed by atoms with van der Waals surface area (Å²) >= 11 is 0. The molecule has 0 amide bonds. The molecule has 3 aromatic carbocycles. The summed E-state index contributed by atoms with van der Waals surface area (Å²) in [4.78, 5) is 12.4. The Bertz CT molecular complexity index is 1150. The first-order valence-corrected chi connectivity index (χ1v) is 9.33. The van der Waals surface area contributed by atoms with Crippen LogP contribution >= 0.6 is 0 Å². The number of allylic oxidation sites excluding steroid dienone is 1. The molecule has 3 aromatic rings. The minimum absolute atomic E-state index is 0.100. The van der Waals surface area contributed by atoms with Crippen molar-refractivity contribution in [3.8, 4) is 17.2 Å². The van der Waals surface area contributed by atoms with Gasteiger partial charge in [-0.3, -0.25) is 4.79 Å². The Kier molecular flexibility index (Phi) is 7.14. The van der Waals surface area contributed by atoms with E-state index in [0.29, 0.717) is 28.2 Å². The van der Waals surface area contributed by atoms with Crippen LogP contribution < -0.4 is 14.2 Å². The quantitative estimate of drug-likeness (QED) is 0.192. The number of methoxy groups -OCH3 is 2. The van der Waals surface area contributed by atoms with E-state index < -0.39 is 35.6 Å². The van der Waals surface area contributed by atoms with Crippen molar-refractivity contribution in [1.82, 2.24) is 0 Å². The first kappa shape index (κ1) is 22.9. The minimum atomic E-state index is -1.64. The summed E-state index contributed by atoms with van der Waals surface area (Å²) < 4.78 is 69.8. The monoisotopic (exact) mass is 446 g/mol. The second kappa shape index (κ2) is 10.00. The molecule has 0 radical (unpaired) electrons. The Hall–Kier alpha value is -3.81. The predicted octanol–water partition coefficient (Wildman–Crippen LogP) is 5.74. The van der Waals surface area contributed by atoms with Crippen LogP contribution in [-0.4, -0.2) is 20.0 Å². The molecule has 0 aromatic heterocycles. The summed E-state index contributed by atoms with van der Waals surface area (Å²) in [5.41, 5.74) is 1.33. The van der Waals surface area contributed by atoms with Crippen molar-refractivity contribution in [2.45, 2.75) is 6.61 Å². The molecule has 166 valence electrons. The molecule has 3 rings (SSSR count). The number of carbonyl (C=O) groups is 1. The minimum Gasteiger partial charge on any atom is -0.497 e. The number of ketones is 1. The van der Waals surface area contributed by atoms with E-state index in [2.05, 4.69) is 0 Å². The number of rotatable bonds is 8. The van der Waals surface area contributed by atoms with Gasteiger partial charge in [-0.15, -0.1) is 0 Å². The lowest BCUT2D eigenvalue weighted by molar-refractivity contribution is 0.104. The maximum atomic E-state index is 13.8. The van der Waals surface area contributed by atoms with Crippen LogP contribution in [0.3, 0.4) is 0 Å². The lowest BCUT2D eigenvalue weighted by atomic mass is 10.1. The molecule has 0 fully saturated rings. The molecule has 0 saturated heterocycles. The Balaban J connectivity index is 1.82. The zero-order chi connectivity index (χ0) is 23.3. The van der Waals surface area contributed by atoms with Gasteiger partial charge in [-0.05, 0) is 35.9 Å². The molecular weight excluding hydrogens is 428 g/mol. The molecule has 0 saturated carbocycles. The summed E-state index contributed by atoms with van der Waals surface area (Å²) in [6, 6.07) is 11.5. The molecule has 0 N–H and O–H groups in total. The molecule has 0 unspecified atom stereocenters. The van der Waals surface area contributed by atoms with Crippen LogP contribution in [0.2, 0.25) is 0 Å². The van der Waals surface area contributed by atoms with Gasteiger partial charge in [0, 0.05) is 17.2 Å². The van der Waals surface area contributed by atoms with E-state index in [9.17, 15) is 22.4 Å². The van der Waals surface area contributed by atoms with E-state index in [1.54, 1.807) is 42.5 Å². The van der Waals surface area contributed by atoms with Gasteiger partial charge in [0.2, 0.25) is 11.6 Å². The molecular formula is C24H18F4O4. The van der Waals surface area contributed by atoms with Gasteiger partial charge in [0.05, 0.1) is 14.2 Å². The van der Waals surface area contributed by atoms with E-state index in [1.807, 2.05) is 0 Å². The third kappa shape index (κ3) is 5.08. The van der Waals surface area contributed by atoms with Gasteiger partial charge in [0.25, 0.3) is 0 Å². The molecule has 0 aliphatic carbocycles. The van der Waals surface area contributed by atoms with Crippen molar-refractivity contribution in [2.24, 2.45) is 0 Å². The maximum Gasteiger partial charge on any atom is 0.203 e. The van der Waals surface area contributed by atoms with Gasteiger partial charge in [-0.1, -0.05) is 24.3 Å². The van der Waals surface area contributed by atoms with Crippen LogP contribution in [0.4, 0.5) is 17.6 Å². The number of hydrogen-bond acceptors (Lipinski definition) is 4. The fraction of sp³-hybridized carbons (Fsp3) is 0.125. The van der Waals surface area contributed by atoms with Crippen molar-refractivity contribution < 1.29 is 36.6 Å². The Morgan fingerprint density at radius 3 is 2.28 bits per heavy atom. The van der Waals surface area contributed by atoms with Crippen molar-refractivity contribution in [1.29, 1.82) is 0 Å². The third-order valence-corrected chi connectivity index (χ3v) is 4.53. The topological polar surface area (TPSA) is 44.8 Å². The maximum absolute atomic E-state index is 13.8. The largest absolute Gasteiger partial charge is 0.497 e. The van der Waals surface area contributed by atoms with E-state index in [0.717, 1.165) is 0 Å². The summed E-state index contributed by atoms with van der Waals surface area (Å²) in [7, 11) is 2.88. The fourth-order valence-corrected chi connectivity index (χ4v) is 2.89. The highest BCUT2D eigenvalue weighted by molar-refractivity contribution is 6.07. The number of carbonyl (C=O) groups excluding carboxylic acids is 1. The Morgan fingerprint density at radius 2 is 1.62 bits per heavy atom. The van der Waals surface area contributed by atoms with Gasteiger partial charge >= 0.3 is 0 Å². The number of halogens is 4. The van der Waals surface area contributed by atoms with E-state index in [4.69, 9.17) is 14.2 Å². The molecule has 0 spiro atoms. The van der Waals surface area contributed by atoms with Crippen LogP contribution in [0.5, 0.6) is 17.2 Å². The summed E-state index contributed by atoms with van der Waals surface area (Å²) in [5.74, 6) is -6.99. The second-order valence-electron chi connectivity index (χ2n) is 6.59. The second-order valence-corrected chi connectivity index (χ2v) is 6.59. The fourth-order valence-electron chi connectivity index (χ4n) is 2.89. The van der Waals surface area contributed by atoms with Gasteiger partial charge in [-0.2, -0.15) is 8.78 Å². The van der Waals surface area contributed by atoms with Crippen LogP contribution in [-0.2, 0) is 6.61 Å². The Morgan fingerprint density at radius 1 is 0.906 bits per heavy atom. The highest BCUT2D eigenvalue weighted by atomic mass is 19.2. The van der Waals surface area contributed by atoms with Crippen LogP contribution in [0.25, 0.3) is 6.08 Å². The van der Waals surface area contributed by atoms with E-state index in [-0.39, 0.29) is 11.8 Å². The van der Waals surface area contributed by atoms with Crippen molar-refractivity contribution in [2.75, 3.05) is 14.2 Å². The molecule has 8 heteroatoms. The highest BCUT2D eigenvalue weighted by Gasteiger charge is 2.21. The lowest BCUT2D eigenvalue weighted by Crippen LogP contribution is -2.05. The Labute approximate surface area is 181 Å². The molecule has 0 atom stereocenters. The SMILES string of the molecule is COc1cccc(C(=O)/C=C/c2ccc(OC)c(COc3c(F)c(F)cc(F)c3F)c2)c1. The van der Waals surface area contributed by atoms with Crippen molar-refractivity contribution in [3.63, 3.8) is 0 Å². The molecule has 0 heterocycles. The summed E-state index contributed by atoms with van der Waals surface area (Å²) in [6.45, 7) is -0.439. The zero-order valence-electron chi connectivity index (χ0n) is 17.1. The first-order chi connectivity index (χ1) is 15.3. The molecule has 32 heavy (non-hydrogen) atoms. The summed E-state index contributed by atoms with van der Waals surface area (Å²) in [5, 5.41) is 0. The van der Waals surface area contributed by atoms with Gasteiger partial charge in [-0.25, -0.2) is 8.78 Å². The zero-order valence-corrected chi connectivity index (χ0v) is 17.1.